The Balaban J connectivity index is 2.30. The Morgan fingerprint density at radius 1 is 1.07 bits per heavy atom. The molecule has 0 amide bonds. The zero-order valence-electron chi connectivity index (χ0n) is 8.70. The number of hydrogen-bond acceptors (Lipinski definition) is 3. The second-order valence-corrected chi connectivity index (χ2v) is 4.44. The van der Waals surface area contributed by atoms with Gasteiger partial charge in [-0.2, -0.15) is 10.5 Å². The largest absolute Gasteiger partial charge is 0.198 e. The minimum Gasteiger partial charge on any atom is -0.198 e. The average Bonchev–Trinajstić information content (AvgIpc) is 2.67. The van der Waals surface area contributed by atoms with E-state index in [1.54, 1.807) is 11.3 Å². The van der Waals surface area contributed by atoms with Gasteiger partial charge in [0.15, 0.2) is 0 Å². The molecule has 0 aliphatic carbocycles. The van der Waals surface area contributed by atoms with Gasteiger partial charge in [-0.1, -0.05) is 0 Å². The molecule has 0 aliphatic heterocycles. The first kappa shape index (κ1) is 11.8. The molecule has 3 heteroatoms. The average molecular weight is 218 g/mol. The van der Waals surface area contributed by atoms with E-state index in [9.17, 15) is 0 Å². The van der Waals surface area contributed by atoms with Crippen molar-refractivity contribution in [2.24, 2.45) is 0 Å². The van der Waals surface area contributed by atoms with Gasteiger partial charge in [0.25, 0.3) is 0 Å². The summed E-state index contributed by atoms with van der Waals surface area (Å²) in [6, 6.07) is 6.52. The molecule has 0 aromatic carbocycles. The molecule has 1 aromatic heterocycles. The molecule has 0 fully saturated rings. The van der Waals surface area contributed by atoms with Crippen molar-refractivity contribution in [3.05, 3.63) is 21.9 Å². The molecule has 0 aliphatic rings. The smallest absolute Gasteiger partial charge is 0.0621 e. The van der Waals surface area contributed by atoms with E-state index in [4.69, 9.17) is 10.5 Å². The summed E-state index contributed by atoms with van der Waals surface area (Å²) in [5.74, 6) is 0. The summed E-state index contributed by atoms with van der Waals surface area (Å²) in [7, 11) is 0. The maximum atomic E-state index is 8.42. The Bertz CT molecular complexity index is 333. The van der Waals surface area contributed by atoms with Gasteiger partial charge < -0.3 is 0 Å². The predicted molar refractivity (Wildman–Crippen MR) is 61.4 cm³/mol. The van der Waals surface area contributed by atoms with E-state index in [-0.39, 0.29) is 0 Å². The van der Waals surface area contributed by atoms with Crippen LogP contribution in [0.2, 0.25) is 0 Å². The maximum Gasteiger partial charge on any atom is 0.0621 e. The number of nitriles is 2. The molecule has 0 radical (unpaired) electrons. The standard InChI is InChI=1S/C12H14N2S/c13-7-3-1-5-11-9-12(15-10-11)6-2-4-8-14/h9-10H,1-6H2. The molecule has 0 atom stereocenters. The van der Waals surface area contributed by atoms with Crippen LogP contribution in [-0.4, -0.2) is 0 Å². The normalized spacial score (nSPS) is 9.47. The molecule has 0 spiro atoms. The van der Waals surface area contributed by atoms with Gasteiger partial charge in [0, 0.05) is 17.7 Å². The summed E-state index contributed by atoms with van der Waals surface area (Å²) >= 11 is 1.77. The zero-order valence-corrected chi connectivity index (χ0v) is 9.52. The molecular formula is C12H14N2S. The molecule has 0 unspecified atom stereocenters. The lowest BCUT2D eigenvalue weighted by Gasteiger charge is -1.92. The fraction of sp³-hybridized carbons (Fsp3) is 0.500. The highest BCUT2D eigenvalue weighted by molar-refractivity contribution is 7.10. The number of nitrogens with zero attached hydrogens (tertiary/aromatic N) is 2. The van der Waals surface area contributed by atoms with E-state index in [0.29, 0.717) is 12.8 Å². The van der Waals surface area contributed by atoms with Crippen molar-refractivity contribution >= 4 is 11.3 Å². The van der Waals surface area contributed by atoms with Crippen molar-refractivity contribution in [1.29, 1.82) is 10.5 Å². The quantitative estimate of drug-likeness (QED) is 0.687. The van der Waals surface area contributed by atoms with Crippen LogP contribution in [-0.2, 0) is 12.8 Å². The Hall–Kier alpha value is -1.32. The Labute approximate surface area is 94.8 Å². The van der Waals surface area contributed by atoms with Gasteiger partial charge in [-0.05, 0) is 42.7 Å². The summed E-state index contributed by atoms with van der Waals surface area (Å²) in [6.45, 7) is 0. The van der Waals surface area contributed by atoms with Crippen LogP contribution >= 0.6 is 11.3 Å². The third-order valence-corrected chi connectivity index (χ3v) is 3.22. The Kier molecular flexibility index (Phi) is 5.51. The van der Waals surface area contributed by atoms with E-state index in [1.165, 1.54) is 10.4 Å². The molecule has 2 nitrogen and oxygen atoms in total. The third kappa shape index (κ3) is 4.63. The van der Waals surface area contributed by atoms with Crippen LogP contribution in [0.5, 0.6) is 0 Å². The van der Waals surface area contributed by atoms with Crippen molar-refractivity contribution < 1.29 is 0 Å². The highest BCUT2D eigenvalue weighted by atomic mass is 32.1. The van der Waals surface area contributed by atoms with Crippen LogP contribution < -0.4 is 0 Å². The molecule has 15 heavy (non-hydrogen) atoms. The summed E-state index contributed by atoms with van der Waals surface area (Å²) < 4.78 is 0. The molecule has 0 saturated carbocycles. The van der Waals surface area contributed by atoms with Crippen molar-refractivity contribution in [3.8, 4) is 12.1 Å². The van der Waals surface area contributed by atoms with Gasteiger partial charge in [-0.3, -0.25) is 0 Å². The molecule has 0 N–H and O–H groups in total. The monoisotopic (exact) mass is 218 g/mol. The molecule has 0 saturated heterocycles. The van der Waals surface area contributed by atoms with Crippen molar-refractivity contribution in [1.82, 2.24) is 0 Å². The number of unbranched alkanes of at least 4 members (excludes halogenated alkanes) is 2. The third-order valence-electron chi connectivity index (χ3n) is 2.17. The minimum absolute atomic E-state index is 0.639. The number of thiophene rings is 1. The van der Waals surface area contributed by atoms with E-state index in [0.717, 1.165) is 25.7 Å². The first-order valence-electron chi connectivity index (χ1n) is 5.17. The molecule has 0 bridgehead atoms. The first-order chi connectivity index (χ1) is 7.36. The predicted octanol–water partition coefficient (Wildman–Crippen LogP) is 3.44. The number of rotatable bonds is 6. The summed E-state index contributed by atoms with van der Waals surface area (Å²) in [4.78, 5) is 1.36. The maximum absolute atomic E-state index is 8.42. The highest BCUT2D eigenvalue weighted by Gasteiger charge is 1.99. The van der Waals surface area contributed by atoms with Gasteiger partial charge >= 0.3 is 0 Å². The lowest BCUT2D eigenvalue weighted by atomic mass is 10.1. The Morgan fingerprint density at radius 3 is 2.40 bits per heavy atom. The summed E-state index contributed by atoms with van der Waals surface area (Å²) in [5, 5.41) is 19.0. The van der Waals surface area contributed by atoms with Crippen LogP contribution in [0.15, 0.2) is 11.4 Å². The van der Waals surface area contributed by atoms with Gasteiger partial charge in [-0.25, -0.2) is 0 Å². The Morgan fingerprint density at radius 2 is 1.73 bits per heavy atom. The molecule has 78 valence electrons. The van der Waals surface area contributed by atoms with Crippen molar-refractivity contribution in [2.45, 2.75) is 38.5 Å². The van der Waals surface area contributed by atoms with E-state index >= 15 is 0 Å². The summed E-state index contributed by atoms with van der Waals surface area (Å²) in [6.07, 6.45) is 5.19. The van der Waals surface area contributed by atoms with Crippen LogP contribution in [0.25, 0.3) is 0 Å². The van der Waals surface area contributed by atoms with Crippen molar-refractivity contribution in [2.75, 3.05) is 0 Å². The second-order valence-electron chi connectivity index (χ2n) is 3.44. The van der Waals surface area contributed by atoms with Crippen LogP contribution in [0.4, 0.5) is 0 Å². The fourth-order valence-corrected chi connectivity index (χ4v) is 2.37. The van der Waals surface area contributed by atoms with Gasteiger partial charge in [-0.15, -0.1) is 11.3 Å². The lowest BCUT2D eigenvalue weighted by molar-refractivity contribution is 0.844. The second kappa shape index (κ2) is 7.04. The van der Waals surface area contributed by atoms with E-state index < -0.39 is 0 Å². The number of hydrogen-bond donors (Lipinski definition) is 0. The van der Waals surface area contributed by atoms with E-state index in [2.05, 4.69) is 23.6 Å². The topological polar surface area (TPSA) is 47.6 Å². The SMILES string of the molecule is N#CCCCc1csc(CCCC#N)c1. The van der Waals surface area contributed by atoms with Crippen molar-refractivity contribution in [3.63, 3.8) is 0 Å². The molecular weight excluding hydrogens is 204 g/mol. The highest BCUT2D eigenvalue weighted by Crippen LogP contribution is 2.18. The van der Waals surface area contributed by atoms with Gasteiger partial charge in [0.1, 0.15) is 0 Å². The van der Waals surface area contributed by atoms with Crippen LogP contribution in [0.1, 0.15) is 36.1 Å². The molecule has 1 heterocycles. The van der Waals surface area contributed by atoms with Gasteiger partial charge in [0.2, 0.25) is 0 Å². The zero-order chi connectivity index (χ0) is 10.9. The van der Waals surface area contributed by atoms with Crippen LogP contribution in [0, 0.1) is 22.7 Å². The summed E-state index contributed by atoms with van der Waals surface area (Å²) in [5.41, 5.74) is 1.34. The molecule has 1 aromatic rings. The first-order valence-corrected chi connectivity index (χ1v) is 6.05. The lowest BCUT2D eigenvalue weighted by Crippen LogP contribution is -1.82. The van der Waals surface area contributed by atoms with Crippen LogP contribution in [0.3, 0.4) is 0 Å². The van der Waals surface area contributed by atoms with Gasteiger partial charge in [0.05, 0.1) is 12.1 Å². The minimum atomic E-state index is 0.639. The molecule has 1 rings (SSSR count). The van der Waals surface area contributed by atoms with E-state index in [1.807, 2.05) is 0 Å². The fourth-order valence-electron chi connectivity index (χ4n) is 1.40. The number of aryl methyl sites for hydroxylation is 2.